The number of ether oxygens (including phenoxy) is 1. The molecule has 0 fully saturated rings. The van der Waals surface area contributed by atoms with Gasteiger partial charge in [-0.1, -0.05) is 18.2 Å². The number of rotatable bonds is 6. The number of amides is 1. The van der Waals surface area contributed by atoms with Crippen LogP contribution in [-0.2, 0) is 16.0 Å². The molecule has 0 aliphatic carbocycles. The Bertz CT molecular complexity index is 604. The molecule has 1 aromatic carbocycles. The molecule has 0 bridgehead atoms. The van der Waals surface area contributed by atoms with E-state index in [1.54, 1.807) is 31.2 Å². The zero-order valence-corrected chi connectivity index (χ0v) is 13.1. The molecule has 2 N–H and O–H groups in total. The fourth-order valence-corrected chi connectivity index (χ4v) is 2.43. The van der Waals surface area contributed by atoms with E-state index >= 15 is 0 Å². The van der Waals surface area contributed by atoms with E-state index in [4.69, 9.17) is 9.39 Å². The number of allylic oxidation sites excluding steroid dienone is 1. The van der Waals surface area contributed by atoms with Gasteiger partial charge < -0.3 is 19.7 Å². The minimum absolute atomic E-state index is 0.178. The SMILES string of the molecule is C=CCCC(=O)N[C@H]1Cc2cccc(C(=O)OCC)c2OB1O. The van der Waals surface area contributed by atoms with E-state index in [1.165, 1.54) is 0 Å². The molecule has 1 aliphatic heterocycles. The summed E-state index contributed by atoms with van der Waals surface area (Å²) >= 11 is 0. The first-order chi connectivity index (χ1) is 11.1. The summed E-state index contributed by atoms with van der Waals surface area (Å²) in [4.78, 5) is 23.7. The monoisotopic (exact) mass is 317 g/mol. The highest BCUT2D eigenvalue weighted by Gasteiger charge is 2.37. The summed E-state index contributed by atoms with van der Waals surface area (Å²) in [5.41, 5.74) is 1.02. The molecule has 122 valence electrons. The van der Waals surface area contributed by atoms with Crippen molar-refractivity contribution in [2.24, 2.45) is 0 Å². The van der Waals surface area contributed by atoms with Crippen LogP contribution in [0.4, 0.5) is 0 Å². The Morgan fingerprint density at radius 3 is 3.04 bits per heavy atom. The molecule has 0 spiro atoms. The summed E-state index contributed by atoms with van der Waals surface area (Å²) < 4.78 is 10.5. The van der Waals surface area contributed by atoms with Gasteiger partial charge in [0.25, 0.3) is 0 Å². The Balaban J connectivity index is 2.14. The van der Waals surface area contributed by atoms with Crippen molar-refractivity contribution in [2.45, 2.75) is 32.1 Å². The first kappa shape index (κ1) is 17.1. The normalized spacial score (nSPS) is 16.1. The number of hydrogen-bond acceptors (Lipinski definition) is 5. The molecule has 1 amide bonds. The molecule has 1 heterocycles. The molecular weight excluding hydrogens is 297 g/mol. The second-order valence-corrected chi connectivity index (χ2v) is 5.23. The lowest BCUT2D eigenvalue weighted by Crippen LogP contribution is -2.53. The van der Waals surface area contributed by atoms with Crippen molar-refractivity contribution in [1.82, 2.24) is 5.32 Å². The van der Waals surface area contributed by atoms with Crippen LogP contribution in [0.25, 0.3) is 0 Å². The molecular formula is C16H20BNO5. The van der Waals surface area contributed by atoms with Crippen LogP contribution in [0.3, 0.4) is 0 Å². The first-order valence-corrected chi connectivity index (χ1v) is 7.60. The number of benzene rings is 1. The van der Waals surface area contributed by atoms with Gasteiger partial charge in [0.15, 0.2) is 0 Å². The summed E-state index contributed by atoms with van der Waals surface area (Å²) in [6.07, 6.45) is 2.92. The van der Waals surface area contributed by atoms with Crippen molar-refractivity contribution in [3.05, 3.63) is 42.0 Å². The van der Waals surface area contributed by atoms with E-state index in [0.29, 0.717) is 25.0 Å². The van der Waals surface area contributed by atoms with E-state index in [2.05, 4.69) is 11.9 Å². The number of carbonyl (C=O) groups is 2. The predicted octanol–water partition coefficient (Wildman–Crippen LogP) is 1.27. The van der Waals surface area contributed by atoms with Gasteiger partial charge in [0.05, 0.1) is 12.5 Å². The lowest BCUT2D eigenvalue weighted by molar-refractivity contribution is -0.121. The van der Waals surface area contributed by atoms with E-state index in [1.807, 2.05) is 0 Å². The van der Waals surface area contributed by atoms with Crippen LogP contribution in [0, 0.1) is 0 Å². The molecule has 0 saturated heterocycles. The number of nitrogens with one attached hydrogen (secondary N) is 1. The number of esters is 1. The maximum absolute atomic E-state index is 11.9. The second-order valence-electron chi connectivity index (χ2n) is 5.23. The van der Waals surface area contributed by atoms with Gasteiger partial charge in [0.1, 0.15) is 11.3 Å². The van der Waals surface area contributed by atoms with Crippen LogP contribution < -0.4 is 9.97 Å². The smallest absolute Gasteiger partial charge is 0.534 e. The average molecular weight is 317 g/mol. The van der Waals surface area contributed by atoms with Crippen LogP contribution >= 0.6 is 0 Å². The summed E-state index contributed by atoms with van der Waals surface area (Å²) in [6, 6.07) is 5.11. The van der Waals surface area contributed by atoms with Gasteiger partial charge in [0.2, 0.25) is 5.91 Å². The van der Waals surface area contributed by atoms with Crippen LogP contribution in [0.2, 0.25) is 0 Å². The van der Waals surface area contributed by atoms with Crippen LogP contribution in [-0.4, -0.2) is 36.6 Å². The van der Waals surface area contributed by atoms with Crippen molar-refractivity contribution < 1.29 is 24.0 Å². The topological polar surface area (TPSA) is 84.9 Å². The number of hydrogen-bond donors (Lipinski definition) is 2. The molecule has 0 radical (unpaired) electrons. The van der Waals surface area contributed by atoms with Gasteiger partial charge in [-0.15, -0.1) is 6.58 Å². The minimum atomic E-state index is -1.22. The van der Waals surface area contributed by atoms with E-state index in [0.717, 1.165) is 5.56 Å². The van der Waals surface area contributed by atoms with Crippen molar-refractivity contribution in [1.29, 1.82) is 0 Å². The zero-order chi connectivity index (χ0) is 16.8. The van der Waals surface area contributed by atoms with Gasteiger partial charge in [-0.25, -0.2) is 4.79 Å². The van der Waals surface area contributed by atoms with Crippen molar-refractivity contribution in [3.63, 3.8) is 0 Å². The van der Waals surface area contributed by atoms with Crippen molar-refractivity contribution >= 4 is 19.0 Å². The molecule has 1 aromatic rings. The van der Waals surface area contributed by atoms with Gasteiger partial charge in [-0.05, 0) is 31.4 Å². The minimum Gasteiger partial charge on any atom is -0.534 e. The lowest BCUT2D eigenvalue weighted by atomic mass is 9.72. The Morgan fingerprint density at radius 2 is 2.35 bits per heavy atom. The lowest BCUT2D eigenvalue weighted by Gasteiger charge is -2.29. The molecule has 7 heteroatoms. The average Bonchev–Trinajstić information content (AvgIpc) is 2.53. The van der Waals surface area contributed by atoms with E-state index in [9.17, 15) is 14.6 Å². The number of carbonyl (C=O) groups excluding carboxylic acids is 2. The van der Waals surface area contributed by atoms with Crippen molar-refractivity contribution in [2.75, 3.05) is 6.61 Å². The highest BCUT2D eigenvalue weighted by molar-refractivity contribution is 6.47. The summed E-state index contributed by atoms with van der Waals surface area (Å²) in [7, 11) is -1.22. The number of fused-ring (bicyclic) bond motifs is 1. The predicted molar refractivity (Wildman–Crippen MR) is 86.1 cm³/mol. The summed E-state index contributed by atoms with van der Waals surface area (Å²) in [6.45, 7) is 5.54. The molecule has 1 aliphatic rings. The molecule has 1 atom stereocenters. The third-order valence-corrected chi connectivity index (χ3v) is 3.54. The largest absolute Gasteiger partial charge is 0.547 e. The van der Waals surface area contributed by atoms with Gasteiger partial charge in [0, 0.05) is 6.42 Å². The summed E-state index contributed by atoms with van der Waals surface area (Å²) in [5.74, 6) is -0.917. The Labute approximate surface area is 135 Å². The fraction of sp³-hybridized carbons (Fsp3) is 0.375. The molecule has 6 nitrogen and oxygen atoms in total. The standard InChI is InChI=1S/C16H20BNO5/c1-3-5-9-14(19)18-13-10-11-7-6-8-12(16(20)22-4-2)15(11)23-17(13)21/h3,6-8,13,21H,1,4-5,9-10H2,2H3,(H,18,19)/t13-/m0/s1. The zero-order valence-electron chi connectivity index (χ0n) is 13.1. The highest BCUT2D eigenvalue weighted by Crippen LogP contribution is 2.30. The van der Waals surface area contributed by atoms with E-state index in [-0.39, 0.29) is 18.1 Å². The van der Waals surface area contributed by atoms with Crippen LogP contribution in [0.1, 0.15) is 35.7 Å². The molecule has 0 unspecified atom stereocenters. The molecule has 23 heavy (non-hydrogen) atoms. The van der Waals surface area contributed by atoms with Crippen LogP contribution in [0.15, 0.2) is 30.9 Å². The molecule has 0 saturated carbocycles. The second kappa shape index (κ2) is 7.83. The fourth-order valence-electron chi connectivity index (χ4n) is 2.43. The van der Waals surface area contributed by atoms with Gasteiger partial charge in [-0.2, -0.15) is 0 Å². The Kier molecular flexibility index (Phi) is 5.81. The maximum atomic E-state index is 11.9. The van der Waals surface area contributed by atoms with Crippen molar-refractivity contribution in [3.8, 4) is 5.75 Å². The first-order valence-electron chi connectivity index (χ1n) is 7.60. The highest BCUT2D eigenvalue weighted by atomic mass is 16.5. The number of para-hydroxylation sites is 1. The third-order valence-electron chi connectivity index (χ3n) is 3.54. The molecule has 2 rings (SSSR count). The van der Waals surface area contributed by atoms with Gasteiger partial charge in [-0.3, -0.25) is 4.79 Å². The summed E-state index contributed by atoms with van der Waals surface area (Å²) in [5, 5.41) is 12.9. The molecule has 0 aromatic heterocycles. The van der Waals surface area contributed by atoms with Gasteiger partial charge >= 0.3 is 13.1 Å². The quantitative estimate of drug-likeness (QED) is 0.469. The Hall–Kier alpha value is -2.28. The third kappa shape index (κ3) is 4.13. The van der Waals surface area contributed by atoms with Crippen LogP contribution in [0.5, 0.6) is 5.75 Å². The maximum Gasteiger partial charge on any atom is 0.547 e. The van der Waals surface area contributed by atoms with E-state index < -0.39 is 19.0 Å². The Morgan fingerprint density at radius 1 is 1.57 bits per heavy atom.